The summed E-state index contributed by atoms with van der Waals surface area (Å²) in [4.78, 5) is 4.60. The Balaban J connectivity index is 1.62. The van der Waals surface area contributed by atoms with Crippen LogP contribution in [0.15, 0.2) is 30.5 Å². The number of methoxy groups -OCH3 is 1. The molecule has 1 heterocycles. The lowest BCUT2D eigenvalue weighted by Crippen LogP contribution is -2.46. The van der Waals surface area contributed by atoms with Crippen molar-refractivity contribution in [3.63, 3.8) is 0 Å². The average Bonchev–Trinajstić information content (AvgIpc) is 3.31. The SMILES string of the molecule is C=C(C1CC1)N1CCN(c2ccc(OC)c(F)c2)CC1. The fraction of sp³-hybridized carbons (Fsp3) is 0.500. The Morgan fingerprint density at radius 3 is 2.50 bits per heavy atom. The molecule has 2 fully saturated rings. The molecule has 1 aliphatic carbocycles. The molecule has 4 heteroatoms. The maximum Gasteiger partial charge on any atom is 0.167 e. The summed E-state index contributed by atoms with van der Waals surface area (Å²) in [6, 6.07) is 5.18. The average molecular weight is 276 g/mol. The molecule has 20 heavy (non-hydrogen) atoms. The fourth-order valence-electron chi connectivity index (χ4n) is 2.78. The molecule has 1 aliphatic heterocycles. The van der Waals surface area contributed by atoms with Crippen LogP contribution in [0.4, 0.5) is 10.1 Å². The first kappa shape index (κ1) is 13.3. The van der Waals surface area contributed by atoms with Crippen molar-refractivity contribution < 1.29 is 9.13 Å². The van der Waals surface area contributed by atoms with Crippen LogP contribution in [0, 0.1) is 11.7 Å². The van der Waals surface area contributed by atoms with Gasteiger partial charge in [0, 0.05) is 43.6 Å². The zero-order valence-corrected chi connectivity index (χ0v) is 11.9. The molecule has 0 bridgehead atoms. The van der Waals surface area contributed by atoms with Crippen molar-refractivity contribution in [2.24, 2.45) is 5.92 Å². The minimum atomic E-state index is -0.296. The molecule has 0 atom stereocenters. The van der Waals surface area contributed by atoms with E-state index in [-0.39, 0.29) is 5.82 Å². The van der Waals surface area contributed by atoms with Crippen molar-refractivity contribution in [1.82, 2.24) is 4.90 Å². The van der Waals surface area contributed by atoms with Gasteiger partial charge in [-0.2, -0.15) is 0 Å². The Hall–Kier alpha value is -1.71. The molecule has 3 nitrogen and oxygen atoms in total. The van der Waals surface area contributed by atoms with Gasteiger partial charge in [0.05, 0.1) is 7.11 Å². The number of nitrogens with zero attached hydrogens (tertiary/aromatic N) is 2. The molecule has 3 rings (SSSR count). The Kier molecular flexibility index (Phi) is 3.55. The van der Waals surface area contributed by atoms with Crippen molar-refractivity contribution in [1.29, 1.82) is 0 Å². The summed E-state index contributed by atoms with van der Waals surface area (Å²) in [5.41, 5.74) is 2.23. The number of allylic oxidation sites excluding steroid dienone is 1. The molecule has 0 N–H and O–H groups in total. The second kappa shape index (κ2) is 5.35. The van der Waals surface area contributed by atoms with Crippen molar-refractivity contribution in [3.05, 3.63) is 36.3 Å². The van der Waals surface area contributed by atoms with Crippen LogP contribution >= 0.6 is 0 Å². The molecule has 0 radical (unpaired) electrons. The molecular formula is C16H21FN2O. The zero-order valence-electron chi connectivity index (χ0n) is 11.9. The quantitative estimate of drug-likeness (QED) is 0.841. The van der Waals surface area contributed by atoms with Crippen molar-refractivity contribution in [3.8, 4) is 5.75 Å². The van der Waals surface area contributed by atoms with Crippen LogP contribution in [0.5, 0.6) is 5.75 Å². The standard InChI is InChI=1S/C16H21FN2O/c1-12(13-3-4-13)18-7-9-19(10-8-18)14-5-6-16(20-2)15(17)11-14/h5-6,11,13H,1,3-4,7-10H2,2H3. The van der Waals surface area contributed by atoms with Crippen LogP contribution in [0.3, 0.4) is 0 Å². The van der Waals surface area contributed by atoms with E-state index in [2.05, 4.69) is 16.4 Å². The van der Waals surface area contributed by atoms with E-state index in [9.17, 15) is 4.39 Å². The van der Waals surface area contributed by atoms with E-state index in [1.807, 2.05) is 6.07 Å². The number of ether oxygens (including phenoxy) is 1. The molecule has 0 unspecified atom stereocenters. The highest BCUT2D eigenvalue weighted by Gasteiger charge is 2.29. The van der Waals surface area contributed by atoms with E-state index in [1.54, 1.807) is 12.1 Å². The highest BCUT2D eigenvalue weighted by molar-refractivity contribution is 5.50. The highest BCUT2D eigenvalue weighted by atomic mass is 19.1. The Labute approximate surface area is 119 Å². The third kappa shape index (κ3) is 2.60. The maximum atomic E-state index is 13.7. The van der Waals surface area contributed by atoms with Gasteiger partial charge >= 0.3 is 0 Å². The number of rotatable bonds is 4. The Bertz CT molecular complexity index is 505. The summed E-state index contributed by atoms with van der Waals surface area (Å²) in [6.45, 7) is 7.98. The van der Waals surface area contributed by atoms with Crippen LogP contribution in [-0.2, 0) is 0 Å². The smallest absolute Gasteiger partial charge is 0.167 e. The summed E-state index contributed by atoms with van der Waals surface area (Å²) < 4.78 is 18.7. The molecule has 0 aromatic heterocycles. The van der Waals surface area contributed by atoms with Gasteiger partial charge in [-0.3, -0.25) is 0 Å². The summed E-state index contributed by atoms with van der Waals surface area (Å²) in [6.07, 6.45) is 2.59. The third-order valence-corrected chi connectivity index (χ3v) is 4.23. The van der Waals surface area contributed by atoms with Gasteiger partial charge < -0.3 is 14.5 Å². The molecular weight excluding hydrogens is 255 g/mol. The normalized spacial score (nSPS) is 19.1. The molecule has 1 aromatic rings. The predicted octanol–water partition coefficient (Wildman–Crippen LogP) is 2.88. The van der Waals surface area contributed by atoms with Crippen LogP contribution in [0.25, 0.3) is 0 Å². The number of hydrogen-bond donors (Lipinski definition) is 0. The molecule has 1 aromatic carbocycles. The molecule has 2 aliphatic rings. The van der Waals surface area contributed by atoms with E-state index in [4.69, 9.17) is 4.74 Å². The number of anilines is 1. The first-order valence-electron chi connectivity index (χ1n) is 7.21. The van der Waals surface area contributed by atoms with E-state index in [0.29, 0.717) is 5.75 Å². The third-order valence-electron chi connectivity index (χ3n) is 4.23. The lowest BCUT2D eigenvalue weighted by Gasteiger charge is -2.38. The number of halogens is 1. The van der Waals surface area contributed by atoms with Gasteiger partial charge in [0.25, 0.3) is 0 Å². The van der Waals surface area contributed by atoms with E-state index < -0.39 is 0 Å². The van der Waals surface area contributed by atoms with Gasteiger partial charge in [0.15, 0.2) is 11.6 Å². The molecule has 0 amide bonds. The second-order valence-electron chi connectivity index (χ2n) is 5.56. The topological polar surface area (TPSA) is 15.7 Å². The second-order valence-corrected chi connectivity index (χ2v) is 5.56. The Morgan fingerprint density at radius 1 is 1.25 bits per heavy atom. The number of piperazine rings is 1. The lowest BCUT2D eigenvalue weighted by atomic mass is 10.2. The molecule has 1 saturated carbocycles. The van der Waals surface area contributed by atoms with Gasteiger partial charge in [0.2, 0.25) is 0 Å². The van der Waals surface area contributed by atoms with E-state index in [0.717, 1.165) is 37.8 Å². The lowest BCUT2D eigenvalue weighted by molar-refractivity contribution is 0.308. The van der Waals surface area contributed by atoms with Gasteiger partial charge in [-0.1, -0.05) is 6.58 Å². The summed E-state index contributed by atoms with van der Waals surface area (Å²) >= 11 is 0. The van der Waals surface area contributed by atoms with Crippen molar-refractivity contribution in [2.45, 2.75) is 12.8 Å². The Morgan fingerprint density at radius 2 is 1.95 bits per heavy atom. The van der Waals surface area contributed by atoms with Crippen LogP contribution < -0.4 is 9.64 Å². The van der Waals surface area contributed by atoms with E-state index >= 15 is 0 Å². The van der Waals surface area contributed by atoms with Gasteiger partial charge in [0.1, 0.15) is 0 Å². The highest BCUT2D eigenvalue weighted by Crippen LogP contribution is 2.37. The van der Waals surface area contributed by atoms with Gasteiger partial charge in [-0.25, -0.2) is 4.39 Å². The predicted molar refractivity (Wildman–Crippen MR) is 78.6 cm³/mol. The fourth-order valence-corrected chi connectivity index (χ4v) is 2.78. The minimum absolute atomic E-state index is 0.296. The summed E-state index contributed by atoms with van der Waals surface area (Å²) in [5.74, 6) is 0.726. The minimum Gasteiger partial charge on any atom is -0.494 e. The van der Waals surface area contributed by atoms with Crippen molar-refractivity contribution >= 4 is 5.69 Å². The van der Waals surface area contributed by atoms with Gasteiger partial charge in [-0.15, -0.1) is 0 Å². The van der Waals surface area contributed by atoms with Crippen molar-refractivity contribution in [2.75, 3.05) is 38.2 Å². The van der Waals surface area contributed by atoms with Crippen LogP contribution in [0.1, 0.15) is 12.8 Å². The largest absolute Gasteiger partial charge is 0.494 e. The number of benzene rings is 1. The maximum absolute atomic E-state index is 13.7. The van der Waals surface area contributed by atoms with Crippen LogP contribution in [-0.4, -0.2) is 38.2 Å². The molecule has 108 valence electrons. The first-order chi connectivity index (χ1) is 9.69. The van der Waals surface area contributed by atoms with Crippen LogP contribution in [0.2, 0.25) is 0 Å². The van der Waals surface area contributed by atoms with Gasteiger partial charge in [-0.05, 0) is 30.9 Å². The summed E-state index contributed by atoms with van der Waals surface area (Å²) in [7, 11) is 1.49. The monoisotopic (exact) mass is 276 g/mol. The first-order valence-corrected chi connectivity index (χ1v) is 7.21. The zero-order chi connectivity index (χ0) is 14.1. The van der Waals surface area contributed by atoms with E-state index in [1.165, 1.54) is 25.6 Å². The summed E-state index contributed by atoms with van der Waals surface area (Å²) in [5, 5.41) is 0. The molecule has 1 saturated heterocycles. The molecule has 0 spiro atoms. The number of hydrogen-bond acceptors (Lipinski definition) is 3.